The molecule has 150 valence electrons. The number of anilines is 1. The zero-order valence-corrected chi connectivity index (χ0v) is 16.5. The zero-order chi connectivity index (χ0) is 19.8. The van der Waals surface area contributed by atoms with Crippen molar-refractivity contribution in [2.24, 2.45) is 0 Å². The minimum Gasteiger partial charge on any atom is -0.492 e. The molecule has 0 atom stereocenters. The lowest BCUT2D eigenvalue weighted by Gasteiger charge is -2.10. The van der Waals surface area contributed by atoms with Crippen molar-refractivity contribution in [2.45, 2.75) is 45.4 Å². The largest absolute Gasteiger partial charge is 0.492 e. The van der Waals surface area contributed by atoms with E-state index in [1.54, 1.807) is 12.3 Å². The van der Waals surface area contributed by atoms with Gasteiger partial charge in [-0.1, -0.05) is 19.4 Å². The first-order chi connectivity index (χ1) is 13.7. The Hall–Kier alpha value is -2.60. The zero-order valence-electron chi connectivity index (χ0n) is 16.5. The fourth-order valence-electron chi connectivity index (χ4n) is 3.40. The number of H-pyrrole nitrogens is 1. The summed E-state index contributed by atoms with van der Waals surface area (Å²) >= 11 is 0. The van der Waals surface area contributed by atoms with Crippen LogP contribution in [0.5, 0.6) is 5.75 Å². The van der Waals surface area contributed by atoms with E-state index in [2.05, 4.69) is 22.5 Å². The Bertz CT molecular complexity index is 813. The van der Waals surface area contributed by atoms with Crippen molar-refractivity contribution in [3.63, 3.8) is 0 Å². The summed E-state index contributed by atoms with van der Waals surface area (Å²) in [6.07, 6.45) is 7.12. The number of Topliss-reactive ketones (excluding diaryl/α,β-unsaturated/α-hetero) is 1. The van der Waals surface area contributed by atoms with Crippen LogP contribution in [0.25, 0.3) is 0 Å². The van der Waals surface area contributed by atoms with Crippen molar-refractivity contribution in [3.8, 4) is 5.75 Å². The van der Waals surface area contributed by atoms with Crippen LogP contribution in [0, 0.1) is 0 Å². The molecule has 6 nitrogen and oxygen atoms in total. The molecule has 0 saturated carbocycles. The van der Waals surface area contributed by atoms with Crippen LogP contribution in [0.1, 0.15) is 65.4 Å². The number of amides is 1. The second-order valence-corrected chi connectivity index (χ2v) is 7.12. The SMILES string of the molecule is CCCCNCCOc1cccc(NC(=O)c2c[nH]c3c2C(=O)CCCC3)c1. The van der Waals surface area contributed by atoms with Gasteiger partial charge in [0.25, 0.3) is 5.91 Å². The molecular formula is C22H29N3O3. The number of rotatable bonds is 9. The van der Waals surface area contributed by atoms with Crippen molar-refractivity contribution in [1.82, 2.24) is 10.3 Å². The number of benzene rings is 1. The second kappa shape index (κ2) is 10.1. The van der Waals surface area contributed by atoms with Gasteiger partial charge in [0.05, 0.1) is 11.1 Å². The Kier molecular flexibility index (Phi) is 7.25. The molecule has 0 unspecified atom stereocenters. The molecule has 1 aliphatic carbocycles. The van der Waals surface area contributed by atoms with E-state index >= 15 is 0 Å². The smallest absolute Gasteiger partial charge is 0.257 e. The maximum absolute atomic E-state index is 12.7. The molecule has 2 aromatic rings. The lowest BCUT2D eigenvalue weighted by molar-refractivity contribution is 0.0965. The van der Waals surface area contributed by atoms with Gasteiger partial charge in [-0.25, -0.2) is 0 Å². The average Bonchev–Trinajstić information content (AvgIpc) is 3.04. The number of hydrogen-bond donors (Lipinski definition) is 3. The maximum atomic E-state index is 12.7. The third-order valence-electron chi connectivity index (χ3n) is 4.91. The molecule has 1 aromatic carbocycles. The number of aromatic nitrogens is 1. The van der Waals surface area contributed by atoms with E-state index in [4.69, 9.17) is 4.74 Å². The van der Waals surface area contributed by atoms with Gasteiger partial charge >= 0.3 is 0 Å². The number of carbonyl (C=O) groups is 2. The summed E-state index contributed by atoms with van der Waals surface area (Å²) in [6, 6.07) is 7.33. The summed E-state index contributed by atoms with van der Waals surface area (Å²) in [5.41, 5.74) is 2.51. The number of nitrogens with one attached hydrogen (secondary N) is 3. The Morgan fingerprint density at radius 1 is 1.21 bits per heavy atom. The number of fused-ring (bicyclic) bond motifs is 1. The second-order valence-electron chi connectivity index (χ2n) is 7.12. The summed E-state index contributed by atoms with van der Waals surface area (Å²) < 4.78 is 5.75. The van der Waals surface area contributed by atoms with E-state index < -0.39 is 0 Å². The lowest BCUT2D eigenvalue weighted by Crippen LogP contribution is -2.22. The molecule has 1 amide bonds. The van der Waals surface area contributed by atoms with Gasteiger partial charge < -0.3 is 20.4 Å². The number of hydrogen-bond acceptors (Lipinski definition) is 4. The summed E-state index contributed by atoms with van der Waals surface area (Å²) in [5.74, 6) is 0.483. The Labute approximate surface area is 166 Å². The number of ether oxygens (including phenoxy) is 1. The minimum atomic E-state index is -0.272. The van der Waals surface area contributed by atoms with Crippen LogP contribution in [0.4, 0.5) is 5.69 Å². The van der Waals surface area contributed by atoms with Gasteiger partial charge in [-0.15, -0.1) is 0 Å². The van der Waals surface area contributed by atoms with E-state index in [1.807, 2.05) is 18.2 Å². The first-order valence-corrected chi connectivity index (χ1v) is 10.2. The monoisotopic (exact) mass is 383 g/mol. The Balaban J connectivity index is 1.59. The summed E-state index contributed by atoms with van der Waals surface area (Å²) in [7, 11) is 0. The van der Waals surface area contributed by atoms with E-state index in [0.717, 1.165) is 44.5 Å². The van der Waals surface area contributed by atoms with Crippen LogP contribution in [0.3, 0.4) is 0 Å². The number of aromatic amines is 1. The molecule has 0 fully saturated rings. The van der Waals surface area contributed by atoms with Gasteiger partial charge in [0, 0.05) is 36.6 Å². The van der Waals surface area contributed by atoms with Gasteiger partial charge in [-0.2, -0.15) is 0 Å². The summed E-state index contributed by atoms with van der Waals surface area (Å²) in [4.78, 5) is 28.2. The molecule has 0 radical (unpaired) electrons. The highest BCUT2D eigenvalue weighted by molar-refractivity contribution is 6.13. The minimum absolute atomic E-state index is 0.0477. The van der Waals surface area contributed by atoms with E-state index in [0.29, 0.717) is 35.6 Å². The normalized spacial score (nSPS) is 13.7. The average molecular weight is 383 g/mol. The Morgan fingerprint density at radius 2 is 2.07 bits per heavy atom. The lowest BCUT2D eigenvalue weighted by atomic mass is 10.0. The molecule has 1 aromatic heterocycles. The van der Waals surface area contributed by atoms with Crippen molar-refractivity contribution in [1.29, 1.82) is 0 Å². The third kappa shape index (κ3) is 5.23. The highest BCUT2D eigenvalue weighted by atomic mass is 16.5. The molecule has 0 bridgehead atoms. The van der Waals surface area contributed by atoms with Crippen molar-refractivity contribution < 1.29 is 14.3 Å². The quantitative estimate of drug-likeness (QED) is 0.452. The molecule has 3 N–H and O–H groups in total. The number of aryl methyl sites for hydroxylation is 1. The summed E-state index contributed by atoms with van der Waals surface area (Å²) in [5, 5.41) is 6.22. The van der Waals surface area contributed by atoms with Gasteiger partial charge in [0.1, 0.15) is 12.4 Å². The van der Waals surface area contributed by atoms with E-state index in [9.17, 15) is 9.59 Å². The van der Waals surface area contributed by atoms with Crippen LogP contribution in [-0.2, 0) is 6.42 Å². The van der Waals surface area contributed by atoms with E-state index in [1.165, 1.54) is 6.42 Å². The van der Waals surface area contributed by atoms with Gasteiger partial charge in [0.2, 0.25) is 0 Å². The van der Waals surface area contributed by atoms with E-state index in [-0.39, 0.29) is 11.7 Å². The predicted octanol–water partition coefficient (Wildman–Crippen LogP) is 3.94. The van der Waals surface area contributed by atoms with Crippen LogP contribution in [0.2, 0.25) is 0 Å². The maximum Gasteiger partial charge on any atom is 0.257 e. The highest BCUT2D eigenvalue weighted by Gasteiger charge is 2.24. The highest BCUT2D eigenvalue weighted by Crippen LogP contribution is 2.25. The fourth-order valence-corrected chi connectivity index (χ4v) is 3.40. The topological polar surface area (TPSA) is 83.2 Å². The molecule has 3 rings (SSSR count). The molecule has 6 heteroatoms. The number of carbonyl (C=O) groups excluding carboxylic acids is 2. The van der Waals surface area contributed by atoms with Crippen molar-refractivity contribution in [2.75, 3.05) is 25.0 Å². The first kappa shape index (κ1) is 20.1. The van der Waals surface area contributed by atoms with Crippen molar-refractivity contribution in [3.05, 3.63) is 47.3 Å². The van der Waals surface area contributed by atoms with Gasteiger partial charge in [-0.05, 0) is 44.4 Å². The molecular weight excluding hydrogens is 354 g/mol. The van der Waals surface area contributed by atoms with Crippen LogP contribution in [-0.4, -0.2) is 36.4 Å². The molecule has 0 saturated heterocycles. The number of ketones is 1. The van der Waals surface area contributed by atoms with Gasteiger partial charge in [-0.3, -0.25) is 9.59 Å². The predicted molar refractivity (Wildman–Crippen MR) is 110 cm³/mol. The molecule has 1 heterocycles. The number of unbranched alkanes of at least 4 members (excludes halogenated alkanes) is 1. The molecule has 1 aliphatic rings. The first-order valence-electron chi connectivity index (χ1n) is 10.2. The molecule has 0 aliphatic heterocycles. The third-order valence-corrected chi connectivity index (χ3v) is 4.91. The summed E-state index contributed by atoms with van der Waals surface area (Å²) in [6.45, 7) is 4.52. The molecule has 28 heavy (non-hydrogen) atoms. The van der Waals surface area contributed by atoms with Crippen LogP contribution >= 0.6 is 0 Å². The standard InChI is InChI=1S/C22H29N3O3/c1-2-3-11-23-12-13-28-17-8-6-7-16(14-17)25-22(27)18-15-24-19-9-4-5-10-20(26)21(18)19/h6-8,14-15,23-24H,2-5,9-13H2,1H3,(H,25,27). The Morgan fingerprint density at radius 3 is 2.93 bits per heavy atom. The molecule has 0 spiro atoms. The van der Waals surface area contributed by atoms with Gasteiger partial charge in [0.15, 0.2) is 5.78 Å². The van der Waals surface area contributed by atoms with Crippen molar-refractivity contribution >= 4 is 17.4 Å². The van der Waals surface area contributed by atoms with Crippen LogP contribution in [0.15, 0.2) is 30.5 Å². The van der Waals surface area contributed by atoms with Crippen LogP contribution < -0.4 is 15.4 Å². The fraction of sp³-hybridized carbons (Fsp3) is 0.455.